The summed E-state index contributed by atoms with van der Waals surface area (Å²) >= 11 is 0. The zero-order chi connectivity index (χ0) is 21.0. The highest BCUT2D eigenvalue weighted by Gasteiger charge is 2.18. The third kappa shape index (κ3) is 8.58. The first kappa shape index (κ1) is 23.4. The molecule has 2 N–H and O–H groups in total. The zero-order valence-corrected chi connectivity index (χ0v) is 18.4. The van der Waals surface area contributed by atoms with Gasteiger partial charge in [-0.1, -0.05) is 89.0 Å². The van der Waals surface area contributed by atoms with Crippen molar-refractivity contribution in [2.24, 2.45) is 0 Å². The van der Waals surface area contributed by atoms with E-state index in [1.165, 1.54) is 57.4 Å². The van der Waals surface area contributed by atoms with Crippen LogP contribution in [-0.2, 0) is 16.5 Å². The second-order valence-electron chi connectivity index (χ2n) is 7.68. The summed E-state index contributed by atoms with van der Waals surface area (Å²) in [5, 5.41) is 3.29. The Morgan fingerprint density at radius 1 is 0.759 bits per heavy atom. The van der Waals surface area contributed by atoms with Gasteiger partial charge in [0.1, 0.15) is 0 Å². The largest absolute Gasteiger partial charge is 0.355 e. The molecule has 2 rings (SSSR count). The minimum absolute atomic E-state index is 0.00866. The lowest BCUT2D eigenvalue weighted by atomic mass is 10.0. The molecule has 4 nitrogen and oxygen atoms in total. The second-order valence-corrected chi connectivity index (χ2v) is 9.07. The average molecular weight is 418 g/mol. The lowest BCUT2D eigenvalue weighted by Crippen LogP contribution is -2.06. The lowest BCUT2D eigenvalue weighted by Gasteiger charge is -2.15. The Morgan fingerprint density at radius 2 is 1.34 bits per heavy atom. The van der Waals surface area contributed by atoms with E-state index in [9.17, 15) is 13.0 Å². The molecule has 2 aromatic rings. The van der Waals surface area contributed by atoms with Gasteiger partial charge in [0.15, 0.2) is 0 Å². The molecular formula is C24H35NO3S. The standard InChI is InChI=1S/C24H35NO3S/c1-2-3-4-5-6-7-8-9-10-14-18-22-23(25-21-16-12-11-13-17-21)19-15-20-24(22)29(26,27)28/h11-13,15-17,19-20,25H,2-10,14,18H2,1H3,(H,26,27,28). The molecule has 0 atom stereocenters. The normalized spacial score (nSPS) is 11.5. The van der Waals surface area contributed by atoms with Crippen molar-refractivity contribution >= 4 is 21.5 Å². The second kappa shape index (κ2) is 12.7. The highest BCUT2D eigenvalue weighted by molar-refractivity contribution is 7.85. The van der Waals surface area contributed by atoms with E-state index in [0.717, 1.165) is 24.2 Å². The van der Waals surface area contributed by atoms with Gasteiger partial charge in [0, 0.05) is 11.4 Å². The van der Waals surface area contributed by atoms with E-state index in [1.54, 1.807) is 6.07 Å². The topological polar surface area (TPSA) is 66.4 Å². The fourth-order valence-corrected chi connectivity index (χ4v) is 4.42. The monoisotopic (exact) mass is 417 g/mol. The molecule has 0 aliphatic carbocycles. The van der Waals surface area contributed by atoms with Gasteiger partial charge in [0.2, 0.25) is 0 Å². The van der Waals surface area contributed by atoms with Crippen LogP contribution in [0.2, 0.25) is 0 Å². The van der Waals surface area contributed by atoms with Crippen molar-refractivity contribution in [2.45, 2.75) is 82.4 Å². The summed E-state index contributed by atoms with van der Waals surface area (Å²) in [5.41, 5.74) is 2.30. The number of rotatable bonds is 14. The molecule has 0 aromatic heterocycles. The molecule has 0 bridgehead atoms. The SMILES string of the molecule is CCCCCCCCCCCCc1c(Nc2ccccc2)cccc1S(=O)(=O)O. The van der Waals surface area contributed by atoms with Crippen molar-refractivity contribution in [2.75, 3.05) is 5.32 Å². The maximum atomic E-state index is 11.9. The van der Waals surface area contributed by atoms with Crippen LogP contribution >= 0.6 is 0 Å². The van der Waals surface area contributed by atoms with Gasteiger partial charge in [-0.25, -0.2) is 0 Å². The molecule has 160 valence electrons. The van der Waals surface area contributed by atoms with Crippen molar-refractivity contribution in [3.05, 3.63) is 54.1 Å². The van der Waals surface area contributed by atoms with Gasteiger partial charge in [-0.15, -0.1) is 0 Å². The first-order chi connectivity index (χ1) is 14.0. The Morgan fingerprint density at radius 3 is 1.93 bits per heavy atom. The molecule has 0 saturated heterocycles. The van der Waals surface area contributed by atoms with Crippen LogP contribution < -0.4 is 5.32 Å². The van der Waals surface area contributed by atoms with E-state index in [4.69, 9.17) is 0 Å². The van der Waals surface area contributed by atoms with E-state index in [-0.39, 0.29) is 4.90 Å². The molecule has 0 amide bonds. The van der Waals surface area contributed by atoms with Crippen molar-refractivity contribution < 1.29 is 13.0 Å². The number of nitrogens with one attached hydrogen (secondary N) is 1. The fourth-order valence-electron chi connectivity index (χ4n) is 3.65. The van der Waals surface area contributed by atoms with Gasteiger partial charge in [0.05, 0.1) is 4.90 Å². The van der Waals surface area contributed by atoms with Crippen molar-refractivity contribution in [1.82, 2.24) is 0 Å². The Bertz CT molecular complexity index is 819. The summed E-state index contributed by atoms with van der Waals surface area (Å²) in [6.45, 7) is 2.24. The zero-order valence-electron chi connectivity index (χ0n) is 17.6. The van der Waals surface area contributed by atoms with Crippen LogP contribution in [0.25, 0.3) is 0 Å². The number of hydrogen-bond acceptors (Lipinski definition) is 3. The van der Waals surface area contributed by atoms with Crippen LogP contribution in [0.5, 0.6) is 0 Å². The fraction of sp³-hybridized carbons (Fsp3) is 0.500. The van der Waals surface area contributed by atoms with Gasteiger partial charge in [-0.3, -0.25) is 4.55 Å². The van der Waals surface area contributed by atoms with Crippen LogP contribution in [0.1, 0.15) is 76.7 Å². The smallest absolute Gasteiger partial charge is 0.294 e. The van der Waals surface area contributed by atoms with Crippen LogP contribution in [0.4, 0.5) is 11.4 Å². The summed E-state index contributed by atoms with van der Waals surface area (Å²) in [7, 11) is -4.25. The molecule has 29 heavy (non-hydrogen) atoms. The Hall–Kier alpha value is -1.85. The van der Waals surface area contributed by atoms with E-state index < -0.39 is 10.1 Å². The highest BCUT2D eigenvalue weighted by Crippen LogP contribution is 2.29. The minimum atomic E-state index is -4.25. The molecular weight excluding hydrogens is 382 g/mol. The Labute approximate surface area is 176 Å². The summed E-state index contributed by atoms with van der Waals surface area (Å²) < 4.78 is 33.4. The van der Waals surface area contributed by atoms with Gasteiger partial charge in [-0.05, 0) is 42.7 Å². The number of benzene rings is 2. The maximum absolute atomic E-state index is 11.9. The number of unbranched alkanes of at least 4 members (excludes halogenated alkanes) is 9. The summed E-state index contributed by atoms with van der Waals surface area (Å²) in [6, 6.07) is 14.7. The van der Waals surface area contributed by atoms with E-state index in [0.29, 0.717) is 12.0 Å². The molecule has 0 saturated carbocycles. The first-order valence-electron chi connectivity index (χ1n) is 10.9. The van der Waals surface area contributed by atoms with Gasteiger partial charge >= 0.3 is 0 Å². The first-order valence-corrected chi connectivity index (χ1v) is 12.4. The third-order valence-electron chi connectivity index (χ3n) is 5.24. The maximum Gasteiger partial charge on any atom is 0.294 e. The number of anilines is 2. The molecule has 0 fully saturated rings. The predicted octanol–water partition coefficient (Wildman–Crippen LogP) is 7.14. The number of para-hydroxylation sites is 1. The van der Waals surface area contributed by atoms with Crippen LogP contribution in [0, 0.1) is 0 Å². The van der Waals surface area contributed by atoms with Crippen LogP contribution in [-0.4, -0.2) is 13.0 Å². The molecule has 0 radical (unpaired) electrons. The van der Waals surface area contributed by atoms with Gasteiger partial charge in [-0.2, -0.15) is 8.42 Å². The Kier molecular flexibility index (Phi) is 10.2. The summed E-state index contributed by atoms with van der Waals surface area (Å²) in [4.78, 5) is 0.00866. The van der Waals surface area contributed by atoms with Crippen LogP contribution in [0.3, 0.4) is 0 Å². The average Bonchev–Trinajstić information content (AvgIpc) is 2.70. The molecule has 0 unspecified atom stereocenters. The number of hydrogen-bond donors (Lipinski definition) is 2. The van der Waals surface area contributed by atoms with Crippen molar-refractivity contribution in [3.63, 3.8) is 0 Å². The summed E-state index contributed by atoms with van der Waals surface area (Å²) in [6.07, 6.45) is 12.9. The molecule has 2 aromatic carbocycles. The quantitative estimate of drug-likeness (QED) is 0.253. The van der Waals surface area contributed by atoms with Gasteiger partial charge < -0.3 is 5.32 Å². The lowest BCUT2D eigenvalue weighted by molar-refractivity contribution is 0.481. The Balaban J connectivity index is 1.90. The predicted molar refractivity (Wildman–Crippen MR) is 122 cm³/mol. The van der Waals surface area contributed by atoms with E-state index in [2.05, 4.69) is 12.2 Å². The minimum Gasteiger partial charge on any atom is -0.355 e. The van der Waals surface area contributed by atoms with Crippen molar-refractivity contribution in [3.8, 4) is 0 Å². The third-order valence-corrected chi connectivity index (χ3v) is 6.18. The van der Waals surface area contributed by atoms with E-state index >= 15 is 0 Å². The van der Waals surface area contributed by atoms with E-state index in [1.807, 2.05) is 36.4 Å². The summed E-state index contributed by atoms with van der Waals surface area (Å²) in [5.74, 6) is 0. The molecule has 0 spiro atoms. The molecule has 0 heterocycles. The molecule has 0 aliphatic heterocycles. The van der Waals surface area contributed by atoms with Gasteiger partial charge in [0.25, 0.3) is 10.1 Å². The molecule has 5 heteroatoms. The van der Waals surface area contributed by atoms with Crippen molar-refractivity contribution in [1.29, 1.82) is 0 Å². The highest BCUT2D eigenvalue weighted by atomic mass is 32.2. The van der Waals surface area contributed by atoms with Crippen LogP contribution in [0.15, 0.2) is 53.4 Å². The molecule has 0 aliphatic rings.